The highest BCUT2D eigenvalue weighted by Crippen LogP contribution is 2.24. The molecular formula is C19H26ClF2N5. The first-order valence-corrected chi connectivity index (χ1v) is 8.95. The second-order valence-corrected chi connectivity index (χ2v) is 7.10. The van der Waals surface area contributed by atoms with Crippen molar-refractivity contribution in [3.8, 4) is 0 Å². The number of hydrogen-bond donors (Lipinski definition) is 1. The summed E-state index contributed by atoms with van der Waals surface area (Å²) in [6, 6.07) is 5.32. The van der Waals surface area contributed by atoms with Crippen molar-refractivity contribution < 1.29 is 8.78 Å². The predicted octanol–water partition coefficient (Wildman–Crippen LogP) is 3.27. The SMILES string of the molecule is CN=C(NCC(c1c(F)cccc1F)N(C)C)N(C)Cc1cc(Cl)cn1C. The van der Waals surface area contributed by atoms with Crippen LogP contribution in [0.25, 0.3) is 0 Å². The Morgan fingerprint density at radius 3 is 2.37 bits per heavy atom. The van der Waals surface area contributed by atoms with E-state index < -0.39 is 17.7 Å². The maximum Gasteiger partial charge on any atom is 0.193 e. The number of benzene rings is 1. The summed E-state index contributed by atoms with van der Waals surface area (Å²) in [5, 5.41) is 3.88. The number of rotatable bonds is 6. The summed E-state index contributed by atoms with van der Waals surface area (Å²) in [6.07, 6.45) is 1.84. The Bertz CT molecular complexity index is 783. The molecule has 2 rings (SSSR count). The molecule has 1 unspecified atom stereocenters. The van der Waals surface area contributed by atoms with E-state index in [4.69, 9.17) is 11.6 Å². The highest BCUT2D eigenvalue weighted by Gasteiger charge is 2.23. The van der Waals surface area contributed by atoms with Crippen molar-refractivity contribution in [3.63, 3.8) is 0 Å². The molecule has 148 valence electrons. The molecule has 8 heteroatoms. The van der Waals surface area contributed by atoms with E-state index in [9.17, 15) is 8.78 Å². The molecule has 0 spiro atoms. The van der Waals surface area contributed by atoms with Crippen LogP contribution in [0.5, 0.6) is 0 Å². The number of aryl methyl sites for hydroxylation is 1. The monoisotopic (exact) mass is 397 g/mol. The molecule has 0 radical (unpaired) electrons. The Labute approximate surface area is 164 Å². The summed E-state index contributed by atoms with van der Waals surface area (Å²) in [6.45, 7) is 0.888. The molecule has 0 saturated carbocycles. The second-order valence-electron chi connectivity index (χ2n) is 6.66. The first-order valence-electron chi connectivity index (χ1n) is 8.57. The second kappa shape index (κ2) is 9.19. The van der Waals surface area contributed by atoms with Crippen LogP contribution in [0, 0.1) is 11.6 Å². The van der Waals surface area contributed by atoms with Gasteiger partial charge in [-0.15, -0.1) is 0 Å². The quantitative estimate of drug-likeness (QED) is 0.600. The fraction of sp³-hybridized carbons (Fsp3) is 0.421. The van der Waals surface area contributed by atoms with E-state index in [2.05, 4.69) is 10.3 Å². The smallest absolute Gasteiger partial charge is 0.193 e. The predicted molar refractivity (Wildman–Crippen MR) is 106 cm³/mol. The van der Waals surface area contributed by atoms with Gasteiger partial charge in [-0.25, -0.2) is 8.78 Å². The average molecular weight is 398 g/mol. The molecule has 0 aliphatic rings. The van der Waals surface area contributed by atoms with Crippen molar-refractivity contribution in [1.29, 1.82) is 0 Å². The lowest BCUT2D eigenvalue weighted by Gasteiger charge is -2.29. The number of guanidine groups is 1. The zero-order valence-electron chi connectivity index (χ0n) is 16.3. The number of likely N-dealkylation sites (N-methyl/N-ethyl adjacent to an activating group) is 1. The van der Waals surface area contributed by atoms with E-state index in [1.165, 1.54) is 18.2 Å². The summed E-state index contributed by atoms with van der Waals surface area (Å²) in [5.41, 5.74) is 1.07. The van der Waals surface area contributed by atoms with Gasteiger partial charge in [0.15, 0.2) is 5.96 Å². The molecule has 0 aliphatic carbocycles. The van der Waals surface area contributed by atoms with Gasteiger partial charge in [0, 0.05) is 45.1 Å². The lowest BCUT2D eigenvalue weighted by atomic mass is 10.0. The van der Waals surface area contributed by atoms with E-state index in [0.29, 0.717) is 24.1 Å². The van der Waals surface area contributed by atoms with E-state index >= 15 is 0 Å². The Balaban J connectivity index is 2.11. The van der Waals surface area contributed by atoms with Gasteiger partial charge < -0.3 is 19.7 Å². The van der Waals surface area contributed by atoms with Gasteiger partial charge in [-0.05, 0) is 32.3 Å². The molecule has 0 aliphatic heterocycles. The van der Waals surface area contributed by atoms with E-state index in [1.807, 2.05) is 35.8 Å². The number of aliphatic imine (C=N–C) groups is 1. The van der Waals surface area contributed by atoms with Crippen molar-refractivity contribution in [2.45, 2.75) is 12.6 Å². The van der Waals surface area contributed by atoms with Crippen LogP contribution < -0.4 is 5.32 Å². The molecule has 5 nitrogen and oxygen atoms in total. The van der Waals surface area contributed by atoms with E-state index in [-0.39, 0.29) is 5.56 Å². The summed E-state index contributed by atoms with van der Waals surface area (Å²) < 4.78 is 30.4. The molecule has 1 N–H and O–H groups in total. The minimum Gasteiger partial charge on any atom is -0.354 e. The van der Waals surface area contributed by atoms with Gasteiger partial charge in [-0.3, -0.25) is 4.99 Å². The van der Waals surface area contributed by atoms with Crippen LogP contribution in [0.1, 0.15) is 17.3 Å². The molecule has 1 aromatic heterocycles. The van der Waals surface area contributed by atoms with Gasteiger partial charge in [-0.1, -0.05) is 17.7 Å². The zero-order valence-corrected chi connectivity index (χ0v) is 17.1. The number of aromatic nitrogens is 1. The lowest BCUT2D eigenvalue weighted by Crippen LogP contribution is -2.43. The first-order chi connectivity index (χ1) is 12.7. The van der Waals surface area contributed by atoms with Crippen molar-refractivity contribution in [2.24, 2.45) is 12.0 Å². The molecular weight excluding hydrogens is 372 g/mol. The van der Waals surface area contributed by atoms with Crippen molar-refractivity contribution in [2.75, 3.05) is 34.7 Å². The standard InChI is InChI=1S/C19H26ClF2N5/c1-23-19(27(5)12-14-9-13(20)11-26(14)4)24-10-17(25(2)3)18-15(21)7-6-8-16(18)22/h6-9,11,17H,10,12H2,1-5H3,(H,23,24). The number of halogens is 3. The normalized spacial score (nSPS) is 13.1. The number of nitrogens with zero attached hydrogens (tertiary/aromatic N) is 4. The van der Waals surface area contributed by atoms with E-state index in [1.54, 1.807) is 26.0 Å². The maximum absolute atomic E-state index is 14.2. The molecule has 1 heterocycles. The Hall–Kier alpha value is -2.12. The average Bonchev–Trinajstić information content (AvgIpc) is 2.90. The highest BCUT2D eigenvalue weighted by molar-refractivity contribution is 6.30. The largest absolute Gasteiger partial charge is 0.354 e. The van der Waals surface area contributed by atoms with Gasteiger partial charge in [-0.2, -0.15) is 0 Å². The third-order valence-electron chi connectivity index (χ3n) is 4.46. The van der Waals surface area contributed by atoms with Crippen LogP contribution in [0.15, 0.2) is 35.5 Å². The van der Waals surface area contributed by atoms with Gasteiger partial charge in [0.25, 0.3) is 0 Å². The van der Waals surface area contributed by atoms with Crippen molar-refractivity contribution in [1.82, 2.24) is 19.7 Å². The third kappa shape index (κ3) is 5.20. The van der Waals surface area contributed by atoms with Gasteiger partial charge in [0.1, 0.15) is 11.6 Å². The van der Waals surface area contributed by atoms with E-state index in [0.717, 1.165) is 5.69 Å². The zero-order chi connectivity index (χ0) is 20.1. The van der Waals surface area contributed by atoms with Gasteiger partial charge in [0.2, 0.25) is 0 Å². The van der Waals surface area contributed by atoms with Crippen LogP contribution in [0.2, 0.25) is 5.02 Å². The fourth-order valence-corrected chi connectivity index (χ4v) is 3.26. The first kappa shape index (κ1) is 21.2. The molecule has 2 aromatic rings. The molecule has 0 fully saturated rings. The van der Waals surface area contributed by atoms with Crippen molar-refractivity contribution >= 4 is 17.6 Å². The Morgan fingerprint density at radius 2 is 1.89 bits per heavy atom. The fourth-order valence-electron chi connectivity index (χ4n) is 2.99. The number of nitrogens with one attached hydrogen (secondary N) is 1. The van der Waals surface area contributed by atoms with Gasteiger partial charge in [0.05, 0.1) is 17.6 Å². The highest BCUT2D eigenvalue weighted by atomic mass is 35.5. The molecule has 0 saturated heterocycles. The molecule has 1 atom stereocenters. The summed E-state index contributed by atoms with van der Waals surface area (Å²) in [4.78, 5) is 7.98. The molecule has 1 aromatic carbocycles. The Kier molecular flexibility index (Phi) is 7.21. The molecule has 0 bridgehead atoms. The molecule has 27 heavy (non-hydrogen) atoms. The van der Waals surface area contributed by atoms with Crippen LogP contribution in [0.3, 0.4) is 0 Å². The topological polar surface area (TPSA) is 35.8 Å². The van der Waals surface area contributed by atoms with Gasteiger partial charge >= 0.3 is 0 Å². The lowest BCUT2D eigenvalue weighted by molar-refractivity contribution is 0.280. The van der Waals surface area contributed by atoms with Crippen LogP contribution in [-0.4, -0.2) is 55.1 Å². The minimum atomic E-state index is -0.558. The third-order valence-corrected chi connectivity index (χ3v) is 4.66. The number of hydrogen-bond acceptors (Lipinski definition) is 2. The minimum absolute atomic E-state index is 0.0438. The molecule has 0 amide bonds. The van der Waals surface area contributed by atoms with Crippen LogP contribution in [-0.2, 0) is 13.6 Å². The Morgan fingerprint density at radius 1 is 1.26 bits per heavy atom. The van der Waals surface area contributed by atoms with Crippen molar-refractivity contribution in [3.05, 3.63) is 58.4 Å². The maximum atomic E-state index is 14.2. The van der Waals surface area contributed by atoms with Crippen LogP contribution in [0.4, 0.5) is 8.78 Å². The summed E-state index contributed by atoms with van der Waals surface area (Å²) in [7, 11) is 9.07. The summed E-state index contributed by atoms with van der Waals surface area (Å²) in [5.74, 6) is -0.495. The van der Waals surface area contributed by atoms with Crippen LogP contribution >= 0.6 is 11.6 Å². The summed E-state index contributed by atoms with van der Waals surface area (Å²) >= 11 is 6.04.